The maximum absolute atomic E-state index is 11.2. The van der Waals surface area contributed by atoms with Crippen LogP contribution in [0.5, 0.6) is 5.75 Å². The van der Waals surface area contributed by atoms with Crippen LogP contribution in [0.25, 0.3) is 0 Å². The van der Waals surface area contributed by atoms with Crippen LogP contribution in [0, 0.1) is 0 Å². The number of nitrogen functional groups attached to an aromatic ring is 1. The third-order valence-corrected chi connectivity index (χ3v) is 5.69. The van der Waals surface area contributed by atoms with Gasteiger partial charge in [0.15, 0.2) is 0 Å². The summed E-state index contributed by atoms with van der Waals surface area (Å²) in [6.45, 7) is 10.3. The number of likely N-dealkylation sites (N-methyl/N-ethyl adjacent to an activating group) is 1. The van der Waals surface area contributed by atoms with Crippen LogP contribution in [-0.4, -0.2) is 36.8 Å². The summed E-state index contributed by atoms with van der Waals surface area (Å²) in [5.41, 5.74) is 6.68. The molecule has 162 valence electrons. The fraction of sp³-hybridized carbons (Fsp3) is 0.360. The topological polar surface area (TPSA) is 58.7 Å². The summed E-state index contributed by atoms with van der Waals surface area (Å²) in [6, 6.07) is 12.9. The van der Waals surface area contributed by atoms with Crippen molar-refractivity contribution in [1.29, 1.82) is 0 Å². The molecule has 30 heavy (non-hydrogen) atoms. The lowest BCUT2D eigenvalue weighted by atomic mass is 9.85. The zero-order valence-electron chi connectivity index (χ0n) is 17.8. The van der Waals surface area contributed by atoms with Gasteiger partial charge in [-0.3, -0.25) is 0 Å². The lowest BCUT2D eigenvalue weighted by Crippen LogP contribution is -2.25. The summed E-state index contributed by atoms with van der Waals surface area (Å²) >= 11 is 3.42. The summed E-state index contributed by atoms with van der Waals surface area (Å²) in [7, 11) is 2.11. The highest BCUT2D eigenvalue weighted by atomic mass is 79.9. The third-order valence-electron chi connectivity index (χ3n) is 5.16. The van der Waals surface area contributed by atoms with Crippen LogP contribution < -0.4 is 10.5 Å². The lowest BCUT2D eigenvalue weighted by molar-refractivity contribution is 0.135. The highest BCUT2D eigenvalue weighted by molar-refractivity contribution is 9.10. The van der Waals surface area contributed by atoms with Gasteiger partial charge in [-0.2, -0.15) is 0 Å². The standard InChI is InChI=1S/C25H33BrN2O2/c1-4-16-28(3)17-8-6-7-9-18-30-22-14-15-23(24(27)19-22)25(29,5-2)20-10-12-21(26)13-11-20/h4-5,10-15,19,29H,1-2,6-9,16-18,27H2,3H3. The van der Waals surface area contributed by atoms with Crippen LogP contribution in [0.2, 0.25) is 0 Å². The summed E-state index contributed by atoms with van der Waals surface area (Å²) in [5.74, 6) is 0.712. The monoisotopic (exact) mass is 472 g/mol. The van der Waals surface area contributed by atoms with Crippen LogP contribution in [0.4, 0.5) is 5.69 Å². The highest BCUT2D eigenvalue weighted by Crippen LogP contribution is 2.36. The first kappa shape index (κ1) is 24.2. The molecule has 2 rings (SSSR count). The van der Waals surface area contributed by atoms with E-state index in [2.05, 4.69) is 41.0 Å². The minimum absolute atomic E-state index is 0.475. The summed E-state index contributed by atoms with van der Waals surface area (Å²) < 4.78 is 6.80. The predicted molar refractivity (Wildman–Crippen MR) is 130 cm³/mol. The minimum atomic E-state index is -1.36. The van der Waals surface area contributed by atoms with Crippen molar-refractivity contribution < 1.29 is 9.84 Å². The maximum Gasteiger partial charge on any atom is 0.135 e. The van der Waals surface area contributed by atoms with Gasteiger partial charge in [-0.25, -0.2) is 0 Å². The second-order valence-corrected chi connectivity index (χ2v) is 8.46. The van der Waals surface area contributed by atoms with E-state index >= 15 is 0 Å². The molecule has 0 aliphatic heterocycles. The van der Waals surface area contributed by atoms with E-state index in [1.807, 2.05) is 42.5 Å². The predicted octanol–water partition coefficient (Wildman–Crippen LogP) is 5.51. The largest absolute Gasteiger partial charge is 0.494 e. The third kappa shape index (κ3) is 6.73. The molecule has 0 aliphatic rings. The molecule has 2 aromatic carbocycles. The van der Waals surface area contributed by atoms with Gasteiger partial charge in [0.05, 0.1) is 6.61 Å². The van der Waals surface area contributed by atoms with Crippen LogP contribution in [0.15, 0.2) is 72.2 Å². The van der Waals surface area contributed by atoms with Gasteiger partial charge in [0.2, 0.25) is 0 Å². The molecule has 0 amide bonds. The number of anilines is 1. The Morgan fingerprint density at radius 3 is 2.43 bits per heavy atom. The van der Waals surface area contributed by atoms with E-state index in [9.17, 15) is 5.11 Å². The molecule has 0 saturated heterocycles. The van der Waals surface area contributed by atoms with Crippen molar-refractivity contribution >= 4 is 21.6 Å². The zero-order chi connectivity index (χ0) is 22.0. The van der Waals surface area contributed by atoms with E-state index in [0.717, 1.165) is 30.4 Å². The molecule has 0 fully saturated rings. The molecule has 0 bridgehead atoms. The van der Waals surface area contributed by atoms with Crippen molar-refractivity contribution in [3.05, 3.63) is 83.4 Å². The highest BCUT2D eigenvalue weighted by Gasteiger charge is 2.30. The summed E-state index contributed by atoms with van der Waals surface area (Å²) in [5, 5.41) is 11.2. The van der Waals surface area contributed by atoms with E-state index in [1.165, 1.54) is 18.9 Å². The van der Waals surface area contributed by atoms with Crippen molar-refractivity contribution in [3.63, 3.8) is 0 Å². The Labute approximate surface area is 189 Å². The fourth-order valence-electron chi connectivity index (χ4n) is 3.40. The van der Waals surface area contributed by atoms with Crippen LogP contribution in [-0.2, 0) is 5.60 Å². The average molecular weight is 473 g/mol. The number of nitrogens with two attached hydrogens (primary N) is 1. The molecule has 5 heteroatoms. The first-order chi connectivity index (χ1) is 14.4. The van der Waals surface area contributed by atoms with E-state index in [1.54, 1.807) is 6.07 Å². The smallest absolute Gasteiger partial charge is 0.135 e. The molecule has 0 aliphatic carbocycles. The Balaban J connectivity index is 1.88. The first-order valence-corrected chi connectivity index (χ1v) is 11.1. The van der Waals surface area contributed by atoms with E-state index in [-0.39, 0.29) is 0 Å². The van der Waals surface area contributed by atoms with Crippen LogP contribution in [0.1, 0.15) is 36.8 Å². The van der Waals surface area contributed by atoms with Crippen molar-refractivity contribution in [2.24, 2.45) is 0 Å². The van der Waals surface area contributed by atoms with E-state index < -0.39 is 5.60 Å². The summed E-state index contributed by atoms with van der Waals surface area (Å²) in [4.78, 5) is 2.27. The van der Waals surface area contributed by atoms with Crippen molar-refractivity contribution in [1.82, 2.24) is 4.90 Å². The Morgan fingerprint density at radius 2 is 1.80 bits per heavy atom. The molecular formula is C25H33BrN2O2. The lowest BCUT2D eigenvalue weighted by Gasteiger charge is -2.27. The Kier molecular flexibility index (Phi) is 9.63. The van der Waals surface area contributed by atoms with Crippen LogP contribution >= 0.6 is 15.9 Å². The number of benzene rings is 2. The minimum Gasteiger partial charge on any atom is -0.494 e. The Morgan fingerprint density at radius 1 is 1.10 bits per heavy atom. The Hall–Kier alpha value is -2.08. The summed E-state index contributed by atoms with van der Waals surface area (Å²) in [6.07, 6.45) is 7.94. The van der Waals surface area contributed by atoms with E-state index in [4.69, 9.17) is 10.5 Å². The number of aliphatic hydroxyl groups is 1. The van der Waals surface area contributed by atoms with Gasteiger partial charge >= 0.3 is 0 Å². The van der Waals surface area contributed by atoms with Crippen molar-refractivity contribution in [2.75, 3.05) is 32.5 Å². The molecule has 1 atom stereocenters. The molecular weight excluding hydrogens is 440 g/mol. The number of ether oxygens (including phenoxy) is 1. The van der Waals surface area contributed by atoms with Gasteiger partial charge in [-0.05, 0) is 56.3 Å². The van der Waals surface area contributed by atoms with Gasteiger partial charge in [0.1, 0.15) is 11.4 Å². The average Bonchev–Trinajstić information content (AvgIpc) is 2.73. The molecule has 0 spiro atoms. The quantitative estimate of drug-likeness (QED) is 0.229. The number of hydrogen-bond donors (Lipinski definition) is 2. The molecule has 1 unspecified atom stereocenters. The number of unbranched alkanes of at least 4 members (excludes halogenated alkanes) is 3. The number of hydrogen-bond acceptors (Lipinski definition) is 4. The molecule has 0 radical (unpaired) electrons. The molecule has 0 saturated carbocycles. The first-order valence-electron chi connectivity index (χ1n) is 10.3. The zero-order valence-corrected chi connectivity index (χ0v) is 19.4. The molecule has 0 aromatic heterocycles. The maximum atomic E-state index is 11.2. The van der Waals surface area contributed by atoms with Gasteiger partial charge in [-0.15, -0.1) is 6.58 Å². The van der Waals surface area contributed by atoms with E-state index in [0.29, 0.717) is 29.2 Å². The second-order valence-electron chi connectivity index (χ2n) is 7.54. The fourth-order valence-corrected chi connectivity index (χ4v) is 3.67. The van der Waals surface area contributed by atoms with Gasteiger partial charge in [0, 0.05) is 28.3 Å². The molecule has 4 nitrogen and oxygen atoms in total. The second kappa shape index (κ2) is 11.9. The van der Waals surface area contributed by atoms with Gasteiger partial charge in [-0.1, -0.05) is 59.6 Å². The molecule has 2 aromatic rings. The number of halogens is 1. The molecule has 0 heterocycles. The normalized spacial score (nSPS) is 13.1. The SMILES string of the molecule is C=CCN(C)CCCCCCOc1ccc(C(O)(C=C)c2ccc(Br)cc2)c(N)c1. The van der Waals surface area contributed by atoms with Crippen molar-refractivity contribution in [3.8, 4) is 5.75 Å². The van der Waals surface area contributed by atoms with Gasteiger partial charge in [0.25, 0.3) is 0 Å². The number of nitrogens with zero attached hydrogens (tertiary/aromatic N) is 1. The Bertz CT molecular complexity index is 822. The number of rotatable bonds is 13. The van der Waals surface area contributed by atoms with Crippen LogP contribution in [0.3, 0.4) is 0 Å². The van der Waals surface area contributed by atoms with Gasteiger partial charge < -0.3 is 20.5 Å². The van der Waals surface area contributed by atoms with Crippen molar-refractivity contribution in [2.45, 2.75) is 31.3 Å². The molecule has 3 N–H and O–H groups in total.